The van der Waals surface area contributed by atoms with Crippen LogP contribution in [0.5, 0.6) is 0 Å². The Morgan fingerprint density at radius 1 is 1.24 bits per heavy atom. The zero-order valence-corrected chi connectivity index (χ0v) is 19.7. The molecule has 1 aromatic carbocycles. The highest BCUT2D eigenvalue weighted by Gasteiger charge is 2.32. The SMILES string of the molecule is Cc1nn([C@H]2CCS(=O)(=O)C2)c2nc(-c3ccccc3)cc(C(=O)NCCCn3ccnc3)c12. The summed E-state index contributed by atoms with van der Waals surface area (Å²) in [5, 5.41) is 8.33. The first-order valence-corrected chi connectivity index (χ1v) is 13.1. The van der Waals surface area contributed by atoms with Crippen LogP contribution in [0.3, 0.4) is 0 Å². The molecule has 4 heterocycles. The van der Waals surface area contributed by atoms with Gasteiger partial charge in [0, 0.05) is 31.0 Å². The van der Waals surface area contributed by atoms with E-state index >= 15 is 0 Å². The van der Waals surface area contributed by atoms with E-state index < -0.39 is 9.84 Å². The molecule has 1 saturated heterocycles. The predicted molar refractivity (Wildman–Crippen MR) is 129 cm³/mol. The summed E-state index contributed by atoms with van der Waals surface area (Å²) >= 11 is 0. The topological polar surface area (TPSA) is 112 Å². The van der Waals surface area contributed by atoms with Gasteiger partial charge >= 0.3 is 0 Å². The monoisotopic (exact) mass is 478 g/mol. The summed E-state index contributed by atoms with van der Waals surface area (Å²) in [6.07, 6.45) is 6.63. The maximum atomic E-state index is 13.3. The number of rotatable bonds is 7. The number of nitrogens with one attached hydrogen (secondary N) is 1. The molecule has 0 aliphatic carbocycles. The van der Waals surface area contributed by atoms with Gasteiger partial charge in [0.25, 0.3) is 5.91 Å². The summed E-state index contributed by atoms with van der Waals surface area (Å²) in [7, 11) is -3.10. The van der Waals surface area contributed by atoms with Gasteiger partial charge in [-0.2, -0.15) is 5.10 Å². The van der Waals surface area contributed by atoms with Crippen molar-refractivity contribution >= 4 is 26.8 Å². The van der Waals surface area contributed by atoms with E-state index in [0.717, 1.165) is 18.5 Å². The number of pyridine rings is 1. The Hall–Kier alpha value is -3.53. The summed E-state index contributed by atoms with van der Waals surface area (Å²) in [6, 6.07) is 11.2. The van der Waals surface area contributed by atoms with Crippen LogP contribution in [0.4, 0.5) is 0 Å². The molecular formula is C24H26N6O3S. The Morgan fingerprint density at radius 2 is 2.06 bits per heavy atom. The maximum absolute atomic E-state index is 13.3. The zero-order valence-electron chi connectivity index (χ0n) is 18.9. The zero-order chi connectivity index (χ0) is 23.7. The van der Waals surface area contributed by atoms with Gasteiger partial charge in [0.1, 0.15) is 0 Å². The Morgan fingerprint density at radius 3 is 2.76 bits per heavy atom. The molecule has 1 N–H and O–H groups in total. The van der Waals surface area contributed by atoms with Crippen molar-refractivity contribution in [3.8, 4) is 11.3 Å². The Labute approximate surface area is 197 Å². The quantitative estimate of drug-likeness (QED) is 0.409. The molecule has 1 fully saturated rings. The third-order valence-electron chi connectivity index (χ3n) is 6.14. The van der Waals surface area contributed by atoms with Gasteiger partial charge in [-0.1, -0.05) is 30.3 Å². The molecule has 0 bridgehead atoms. The van der Waals surface area contributed by atoms with Crippen LogP contribution in [0.1, 0.15) is 34.9 Å². The Balaban J connectivity index is 1.51. The molecule has 0 unspecified atom stereocenters. The molecule has 0 radical (unpaired) electrons. The van der Waals surface area contributed by atoms with Gasteiger partial charge in [0.05, 0.1) is 46.2 Å². The second-order valence-corrected chi connectivity index (χ2v) is 10.8. The molecule has 176 valence electrons. The van der Waals surface area contributed by atoms with Crippen LogP contribution in [0, 0.1) is 6.92 Å². The minimum absolute atomic E-state index is 0.0379. The summed E-state index contributed by atoms with van der Waals surface area (Å²) in [6.45, 7) is 3.10. The number of imidazole rings is 1. The van der Waals surface area contributed by atoms with Crippen LogP contribution in [0.25, 0.3) is 22.3 Å². The van der Waals surface area contributed by atoms with Crippen molar-refractivity contribution in [2.45, 2.75) is 32.4 Å². The smallest absolute Gasteiger partial charge is 0.252 e. The molecule has 9 nitrogen and oxygen atoms in total. The van der Waals surface area contributed by atoms with E-state index in [1.54, 1.807) is 23.3 Å². The minimum atomic E-state index is -3.10. The van der Waals surface area contributed by atoms with E-state index in [1.165, 1.54) is 0 Å². The normalized spacial score (nSPS) is 17.3. The van der Waals surface area contributed by atoms with Crippen molar-refractivity contribution in [3.05, 3.63) is 66.4 Å². The van der Waals surface area contributed by atoms with Gasteiger partial charge in [-0.25, -0.2) is 23.1 Å². The minimum Gasteiger partial charge on any atom is -0.352 e. The van der Waals surface area contributed by atoms with Gasteiger partial charge in [0.15, 0.2) is 15.5 Å². The largest absolute Gasteiger partial charge is 0.352 e. The second kappa shape index (κ2) is 9.02. The molecular weight excluding hydrogens is 452 g/mol. The molecule has 1 aliphatic rings. The highest BCUT2D eigenvalue weighted by Crippen LogP contribution is 2.32. The predicted octanol–water partition coefficient (Wildman–Crippen LogP) is 2.78. The van der Waals surface area contributed by atoms with Crippen molar-refractivity contribution in [3.63, 3.8) is 0 Å². The molecule has 34 heavy (non-hydrogen) atoms. The van der Waals surface area contributed by atoms with Crippen molar-refractivity contribution in [2.24, 2.45) is 0 Å². The molecule has 1 amide bonds. The van der Waals surface area contributed by atoms with E-state index in [2.05, 4.69) is 15.4 Å². The van der Waals surface area contributed by atoms with Crippen LogP contribution < -0.4 is 5.32 Å². The van der Waals surface area contributed by atoms with Crippen LogP contribution in [-0.4, -0.2) is 56.7 Å². The van der Waals surface area contributed by atoms with Gasteiger partial charge < -0.3 is 9.88 Å². The number of benzene rings is 1. The number of nitrogens with zero attached hydrogens (tertiary/aromatic N) is 5. The van der Waals surface area contributed by atoms with E-state index in [0.29, 0.717) is 41.0 Å². The van der Waals surface area contributed by atoms with Crippen molar-refractivity contribution in [1.82, 2.24) is 29.6 Å². The third-order valence-corrected chi connectivity index (χ3v) is 7.89. The van der Waals surface area contributed by atoms with Crippen molar-refractivity contribution in [2.75, 3.05) is 18.1 Å². The first kappa shape index (κ1) is 22.3. The van der Waals surface area contributed by atoms with E-state index in [1.807, 2.05) is 48.0 Å². The summed E-state index contributed by atoms with van der Waals surface area (Å²) < 4.78 is 27.9. The maximum Gasteiger partial charge on any atom is 0.252 e. The average molecular weight is 479 g/mol. The molecule has 10 heteroatoms. The Bertz CT molecular complexity index is 1430. The number of sulfone groups is 1. The molecule has 1 atom stereocenters. The number of aryl methyl sites for hydroxylation is 2. The summed E-state index contributed by atoms with van der Waals surface area (Å²) in [5.74, 6) is -0.0198. The summed E-state index contributed by atoms with van der Waals surface area (Å²) in [5.41, 5.74) is 3.23. The third kappa shape index (κ3) is 4.45. The molecule has 0 saturated carbocycles. The molecule has 4 aromatic rings. The lowest BCUT2D eigenvalue weighted by Gasteiger charge is -2.12. The highest BCUT2D eigenvalue weighted by atomic mass is 32.2. The second-order valence-electron chi connectivity index (χ2n) is 8.62. The molecule has 3 aromatic heterocycles. The lowest BCUT2D eigenvalue weighted by molar-refractivity contribution is 0.0954. The van der Waals surface area contributed by atoms with E-state index in [4.69, 9.17) is 4.98 Å². The summed E-state index contributed by atoms with van der Waals surface area (Å²) in [4.78, 5) is 22.2. The fraction of sp³-hybridized carbons (Fsp3) is 0.333. The number of carbonyl (C=O) groups is 1. The number of fused-ring (bicyclic) bond motifs is 1. The molecule has 1 aliphatic heterocycles. The lowest BCUT2D eigenvalue weighted by Crippen LogP contribution is -2.25. The number of aromatic nitrogens is 5. The van der Waals surface area contributed by atoms with Crippen molar-refractivity contribution in [1.29, 1.82) is 0 Å². The fourth-order valence-electron chi connectivity index (χ4n) is 4.45. The van der Waals surface area contributed by atoms with Crippen molar-refractivity contribution < 1.29 is 13.2 Å². The van der Waals surface area contributed by atoms with Crippen LogP contribution in [-0.2, 0) is 16.4 Å². The first-order chi connectivity index (χ1) is 16.4. The molecule has 5 rings (SSSR count). The standard InChI is InChI=1S/C24H26N6O3S/c1-17-22-20(24(31)26-9-5-11-29-12-10-25-16-29)14-21(18-6-3-2-4-7-18)27-23(22)30(28-17)19-8-13-34(32,33)15-19/h2-4,6-7,10,12,14,16,19H,5,8-9,11,13,15H2,1H3,(H,26,31)/t19-/m0/s1. The lowest BCUT2D eigenvalue weighted by atomic mass is 10.0. The van der Waals surface area contributed by atoms with Gasteiger partial charge in [-0.15, -0.1) is 0 Å². The highest BCUT2D eigenvalue weighted by molar-refractivity contribution is 7.91. The Kier molecular flexibility index (Phi) is 5.91. The van der Waals surface area contributed by atoms with Gasteiger partial charge in [-0.3, -0.25) is 4.79 Å². The number of hydrogen-bond acceptors (Lipinski definition) is 6. The molecule has 0 spiro atoms. The van der Waals surface area contributed by atoms with Crippen LogP contribution >= 0.6 is 0 Å². The number of carbonyl (C=O) groups excluding carboxylic acids is 1. The van der Waals surface area contributed by atoms with Gasteiger partial charge in [0.2, 0.25) is 0 Å². The van der Waals surface area contributed by atoms with E-state index in [9.17, 15) is 13.2 Å². The van der Waals surface area contributed by atoms with E-state index in [-0.39, 0.29) is 23.5 Å². The van der Waals surface area contributed by atoms with Gasteiger partial charge in [-0.05, 0) is 25.8 Å². The average Bonchev–Trinajstić information content (AvgIpc) is 3.56. The van der Waals surface area contributed by atoms with Crippen LogP contribution in [0.2, 0.25) is 0 Å². The van der Waals surface area contributed by atoms with Crippen LogP contribution in [0.15, 0.2) is 55.1 Å². The number of amides is 1. The number of hydrogen-bond donors (Lipinski definition) is 1. The first-order valence-electron chi connectivity index (χ1n) is 11.3. The fourth-order valence-corrected chi connectivity index (χ4v) is 6.14.